The first-order valence-electron chi connectivity index (χ1n) is 10.2. The quantitative estimate of drug-likeness (QED) is 0.887. The number of nitrogens with zero attached hydrogens (tertiary/aromatic N) is 2. The zero-order chi connectivity index (χ0) is 17.9. The fraction of sp³-hybridized carbons (Fsp3) is 0.619. The molecular weight excluding hydrogens is 326 g/mol. The molecule has 0 bridgehead atoms. The summed E-state index contributed by atoms with van der Waals surface area (Å²) in [7, 11) is 0. The van der Waals surface area contributed by atoms with Crippen molar-refractivity contribution in [2.75, 3.05) is 25.0 Å². The highest BCUT2D eigenvalue weighted by Crippen LogP contribution is 2.35. The molecule has 1 N–H and O–H groups in total. The lowest BCUT2D eigenvalue weighted by Crippen LogP contribution is -2.42. The molecule has 2 heterocycles. The topological polar surface area (TPSA) is 52.7 Å². The van der Waals surface area contributed by atoms with Crippen molar-refractivity contribution in [1.29, 1.82) is 0 Å². The molecule has 3 amide bonds. The van der Waals surface area contributed by atoms with Crippen LogP contribution in [0.25, 0.3) is 0 Å². The molecule has 2 saturated heterocycles. The van der Waals surface area contributed by atoms with E-state index in [1.165, 1.54) is 25.7 Å². The van der Waals surface area contributed by atoms with Gasteiger partial charge in [0.2, 0.25) is 0 Å². The predicted octanol–water partition coefficient (Wildman–Crippen LogP) is 4.11. The third kappa shape index (κ3) is 3.57. The van der Waals surface area contributed by atoms with E-state index in [9.17, 15) is 9.59 Å². The number of benzene rings is 1. The molecule has 5 nitrogen and oxygen atoms in total. The molecule has 140 valence electrons. The van der Waals surface area contributed by atoms with Crippen LogP contribution in [0.3, 0.4) is 0 Å². The first-order chi connectivity index (χ1) is 12.7. The van der Waals surface area contributed by atoms with Crippen LogP contribution in [0.1, 0.15) is 61.7 Å². The van der Waals surface area contributed by atoms with Crippen LogP contribution in [-0.2, 0) is 0 Å². The molecule has 1 aromatic rings. The van der Waals surface area contributed by atoms with E-state index in [2.05, 4.69) is 5.32 Å². The molecule has 3 aliphatic rings. The van der Waals surface area contributed by atoms with Gasteiger partial charge in [0, 0.05) is 36.9 Å². The summed E-state index contributed by atoms with van der Waals surface area (Å²) in [5, 5.41) is 3.04. The summed E-state index contributed by atoms with van der Waals surface area (Å²) in [5.74, 6) is 0.745. The molecule has 4 rings (SSSR count). The van der Waals surface area contributed by atoms with Crippen LogP contribution in [0.5, 0.6) is 0 Å². The van der Waals surface area contributed by atoms with E-state index >= 15 is 0 Å². The Bertz CT molecular complexity index is 663. The summed E-state index contributed by atoms with van der Waals surface area (Å²) in [6.45, 7) is 2.53. The second kappa shape index (κ2) is 7.68. The smallest absolute Gasteiger partial charge is 0.322 e. The highest BCUT2D eigenvalue weighted by atomic mass is 16.2. The van der Waals surface area contributed by atoms with Gasteiger partial charge in [-0.1, -0.05) is 18.9 Å². The van der Waals surface area contributed by atoms with Gasteiger partial charge in [-0.25, -0.2) is 4.79 Å². The number of likely N-dealkylation sites (tertiary alicyclic amines) is 2. The van der Waals surface area contributed by atoms with Crippen molar-refractivity contribution in [3.63, 3.8) is 0 Å². The number of anilines is 1. The van der Waals surface area contributed by atoms with Crippen LogP contribution < -0.4 is 5.32 Å². The second-order valence-corrected chi connectivity index (χ2v) is 7.96. The maximum absolute atomic E-state index is 12.8. The lowest BCUT2D eigenvalue weighted by molar-refractivity contribution is 0.0793. The largest absolute Gasteiger partial charge is 0.339 e. The minimum absolute atomic E-state index is 0.00910. The molecule has 0 spiro atoms. The highest BCUT2D eigenvalue weighted by molar-refractivity contribution is 5.97. The summed E-state index contributed by atoms with van der Waals surface area (Å²) in [5.41, 5.74) is 1.38. The molecule has 5 heteroatoms. The minimum Gasteiger partial charge on any atom is -0.339 e. The Hall–Kier alpha value is -2.04. The fourth-order valence-electron chi connectivity index (χ4n) is 4.90. The van der Waals surface area contributed by atoms with Crippen molar-refractivity contribution in [3.8, 4) is 0 Å². The lowest BCUT2D eigenvalue weighted by Gasteiger charge is -2.29. The SMILES string of the molecule is O=C(c1cccc(NC(=O)N2CCCC2C2CCCC2)c1)N1CCCC1. The van der Waals surface area contributed by atoms with E-state index in [0.29, 0.717) is 17.5 Å². The van der Waals surface area contributed by atoms with Crippen molar-refractivity contribution in [1.82, 2.24) is 9.80 Å². The zero-order valence-electron chi connectivity index (χ0n) is 15.5. The van der Waals surface area contributed by atoms with Crippen LogP contribution in [-0.4, -0.2) is 47.4 Å². The first-order valence-corrected chi connectivity index (χ1v) is 10.2. The van der Waals surface area contributed by atoms with Crippen molar-refractivity contribution in [3.05, 3.63) is 29.8 Å². The summed E-state index contributed by atoms with van der Waals surface area (Å²) < 4.78 is 0. The van der Waals surface area contributed by atoms with Crippen LogP contribution in [0, 0.1) is 5.92 Å². The molecule has 0 radical (unpaired) electrons. The van der Waals surface area contributed by atoms with Gasteiger partial charge in [0.1, 0.15) is 0 Å². The van der Waals surface area contributed by atoms with E-state index in [1.54, 1.807) is 0 Å². The molecule has 1 unspecified atom stereocenters. The van der Waals surface area contributed by atoms with Gasteiger partial charge < -0.3 is 15.1 Å². The van der Waals surface area contributed by atoms with Gasteiger partial charge in [0.05, 0.1) is 0 Å². The fourth-order valence-corrected chi connectivity index (χ4v) is 4.90. The molecule has 1 atom stereocenters. The predicted molar refractivity (Wildman–Crippen MR) is 102 cm³/mol. The number of hydrogen-bond acceptors (Lipinski definition) is 2. The van der Waals surface area contributed by atoms with E-state index in [1.807, 2.05) is 34.1 Å². The van der Waals surface area contributed by atoms with E-state index in [-0.39, 0.29) is 11.9 Å². The van der Waals surface area contributed by atoms with Crippen molar-refractivity contribution in [2.24, 2.45) is 5.92 Å². The zero-order valence-corrected chi connectivity index (χ0v) is 15.5. The van der Waals surface area contributed by atoms with Crippen LogP contribution in [0.15, 0.2) is 24.3 Å². The van der Waals surface area contributed by atoms with Crippen LogP contribution in [0.2, 0.25) is 0 Å². The van der Waals surface area contributed by atoms with E-state index in [0.717, 1.165) is 51.0 Å². The van der Waals surface area contributed by atoms with Gasteiger partial charge in [0.25, 0.3) is 5.91 Å². The monoisotopic (exact) mass is 355 g/mol. The average molecular weight is 355 g/mol. The van der Waals surface area contributed by atoms with E-state index in [4.69, 9.17) is 0 Å². The van der Waals surface area contributed by atoms with Crippen LogP contribution >= 0.6 is 0 Å². The van der Waals surface area contributed by atoms with Gasteiger partial charge >= 0.3 is 6.03 Å². The first kappa shape index (κ1) is 17.4. The molecule has 1 saturated carbocycles. The summed E-state index contributed by atoms with van der Waals surface area (Å²) in [6.07, 6.45) is 9.52. The number of urea groups is 1. The number of hydrogen-bond donors (Lipinski definition) is 1. The Kier molecular flexibility index (Phi) is 5.14. The Morgan fingerprint density at radius 1 is 0.923 bits per heavy atom. The Labute approximate surface area is 155 Å². The molecule has 1 aliphatic carbocycles. The Morgan fingerprint density at radius 2 is 1.69 bits per heavy atom. The summed E-state index contributed by atoms with van der Waals surface area (Å²) >= 11 is 0. The molecule has 0 aromatic heterocycles. The standard InChI is InChI=1S/C21H29N3O2/c25-20(23-12-3-4-13-23)17-9-5-10-18(15-17)22-21(26)24-14-6-11-19(24)16-7-1-2-8-16/h5,9-10,15-16,19H,1-4,6-8,11-14H2,(H,22,26). The molecular formula is C21H29N3O2. The van der Waals surface area contributed by atoms with Gasteiger partial charge in [-0.2, -0.15) is 0 Å². The maximum atomic E-state index is 12.8. The lowest BCUT2D eigenvalue weighted by atomic mass is 9.96. The van der Waals surface area contributed by atoms with E-state index < -0.39 is 0 Å². The molecule has 1 aromatic carbocycles. The number of nitrogens with one attached hydrogen (secondary N) is 1. The Morgan fingerprint density at radius 3 is 2.46 bits per heavy atom. The number of amides is 3. The second-order valence-electron chi connectivity index (χ2n) is 7.96. The Balaban J connectivity index is 1.42. The van der Waals surface area contributed by atoms with Crippen molar-refractivity contribution < 1.29 is 9.59 Å². The molecule has 3 fully saturated rings. The summed E-state index contributed by atoms with van der Waals surface area (Å²) in [6, 6.07) is 7.78. The van der Waals surface area contributed by atoms with Crippen molar-refractivity contribution in [2.45, 2.75) is 57.4 Å². The van der Waals surface area contributed by atoms with Crippen LogP contribution in [0.4, 0.5) is 10.5 Å². The third-order valence-corrected chi connectivity index (χ3v) is 6.26. The number of carbonyl (C=O) groups excluding carboxylic acids is 2. The highest BCUT2D eigenvalue weighted by Gasteiger charge is 2.35. The third-order valence-electron chi connectivity index (χ3n) is 6.26. The summed E-state index contributed by atoms with van der Waals surface area (Å²) in [4.78, 5) is 29.3. The normalized spacial score (nSPS) is 23.6. The number of carbonyl (C=O) groups is 2. The van der Waals surface area contributed by atoms with Gasteiger partial charge in [-0.05, 0) is 62.6 Å². The number of rotatable bonds is 3. The van der Waals surface area contributed by atoms with Gasteiger partial charge in [-0.15, -0.1) is 0 Å². The average Bonchev–Trinajstić information content (AvgIpc) is 3.43. The van der Waals surface area contributed by atoms with Crippen molar-refractivity contribution >= 4 is 17.6 Å². The van der Waals surface area contributed by atoms with Gasteiger partial charge in [0.15, 0.2) is 0 Å². The minimum atomic E-state index is -0.00910. The molecule has 26 heavy (non-hydrogen) atoms. The maximum Gasteiger partial charge on any atom is 0.322 e. The molecule has 2 aliphatic heterocycles. The van der Waals surface area contributed by atoms with Gasteiger partial charge in [-0.3, -0.25) is 4.79 Å².